The number of carbonyl (C=O) groups is 4. The molecule has 0 rings (SSSR count). The minimum atomic E-state index is -4.96. The molecule has 0 saturated carbocycles. The summed E-state index contributed by atoms with van der Waals surface area (Å²) < 4.78 is 68.7. The Bertz CT molecular complexity index is 1940. The Hall–Kier alpha value is -1.94. The molecule has 0 amide bonds. The van der Waals surface area contributed by atoms with Crippen LogP contribution in [-0.2, 0) is 65.4 Å². The Morgan fingerprint density at radius 2 is 0.485 bits per heavy atom. The standard InChI is InChI=1S/C80H156O17P2/c1-9-73(8)59-51-43-34-28-22-15-11-13-16-23-29-35-44-52-60-77(82)90-66-75(96-79(84)63-55-47-37-31-25-19-18-21-27-33-41-49-57-71(4)5)68-94-98(86,87)92-64-74(81)65-93-99(88,89)95-69-76(67-91-78(83)61-53-45-39-38-42-50-58-72(6)7)97-80(85)62-54-46-36-30-24-17-12-10-14-20-26-32-40-48-56-70(2)3/h70-76,81H,9-69H2,1-8H3,(H,86,87)(H,88,89)/t73?,74-,75-,76-/m1/s1. The summed E-state index contributed by atoms with van der Waals surface area (Å²) in [5, 5.41) is 10.6. The Morgan fingerprint density at radius 1 is 0.283 bits per heavy atom. The van der Waals surface area contributed by atoms with Gasteiger partial charge in [0.05, 0.1) is 26.4 Å². The van der Waals surface area contributed by atoms with Crippen molar-refractivity contribution in [1.29, 1.82) is 0 Å². The van der Waals surface area contributed by atoms with Crippen molar-refractivity contribution in [2.45, 2.75) is 427 Å². The van der Waals surface area contributed by atoms with Gasteiger partial charge in [0, 0.05) is 25.7 Å². The summed E-state index contributed by atoms with van der Waals surface area (Å²) in [6.07, 6.45) is 55.6. The van der Waals surface area contributed by atoms with E-state index in [2.05, 4.69) is 55.4 Å². The predicted molar refractivity (Wildman–Crippen MR) is 404 cm³/mol. The minimum Gasteiger partial charge on any atom is -0.462 e. The van der Waals surface area contributed by atoms with Crippen molar-refractivity contribution in [3.05, 3.63) is 0 Å². The third-order valence-corrected chi connectivity index (χ3v) is 20.8. The topological polar surface area (TPSA) is 237 Å². The van der Waals surface area contributed by atoms with Gasteiger partial charge in [-0.15, -0.1) is 0 Å². The number of ether oxygens (including phenoxy) is 4. The summed E-state index contributed by atoms with van der Waals surface area (Å²) in [4.78, 5) is 73.0. The Labute approximate surface area is 607 Å². The minimum absolute atomic E-state index is 0.106. The van der Waals surface area contributed by atoms with E-state index in [4.69, 9.17) is 37.0 Å². The van der Waals surface area contributed by atoms with Crippen LogP contribution < -0.4 is 0 Å². The van der Waals surface area contributed by atoms with Gasteiger partial charge in [-0.2, -0.15) is 0 Å². The molecule has 0 aromatic heterocycles. The molecule has 0 heterocycles. The Kier molecular flexibility index (Phi) is 67.8. The SMILES string of the molecule is CCC(C)CCCCCCCCCCCCCCCCC(=O)OC[C@H](COP(=O)(O)OC[C@@H](O)COP(=O)(O)OC[C@@H](COC(=O)CCCCCCCCC(C)C)OC(=O)CCCCCCCCCCCCCCCCC(C)C)OC(=O)CCCCCCCCCCCCCCC(C)C. The Morgan fingerprint density at radius 3 is 0.717 bits per heavy atom. The molecule has 0 aliphatic heterocycles. The van der Waals surface area contributed by atoms with Crippen molar-refractivity contribution in [3.63, 3.8) is 0 Å². The maximum Gasteiger partial charge on any atom is 0.472 e. The molecule has 0 radical (unpaired) electrons. The molecule has 0 aromatic carbocycles. The van der Waals surface area contributed by atoms with Gasteiger partial charge >= 0.3 is 39.5 Å². The number of phosphoric acid groups is 2. The molecular weight excluding hydrogens is 1290 g/mol. The summed E-state index contributed by atoms with van der Waals surface area (Å²) in [6, 6.07) is 0. The molecule has 0 aliphatic rings. The van der Waals surface area contributed by atoms with Gasteiger partial charge in [-0.25, -0.2) is 9.13 Å². The number of carbonyl (C=O) groups excluding carboxylic acids is 4. The molecule has 0 bridgehead atoms. The second-order valence-corrected chi connectivity index (χ2v) is 33.4. The fourth-order valence-electron chi connectivity index (χ4n) is 12.2. The van der Waals surface area contributed by atoms with E-state index >= 15 is 0 Å². The maximum absolute atomic E-state index is 13.1. The zero-order chi connectivity index (χ0) is 73.1. The van der Waals surface area contributed by atoms with Crippen molar-refractivity contribution in [2.75, 3.05) is 39.6 Å². The van der Waals surface area contributed by atoms with E-state index in [-0.39, 0.29) is 25.7 Å². The highest BCUT2D eigenvalue weighted by Crippen LogP contribution is 2.45. The van der Waals surface area contributed by atoms with Crippen LogP contribution in [0.15, 0.2) is 0 Å². The van der Waals surface area contributed by atoms with Crippen LogP contribution in [0.4, 0.5) is 0 Å². The van der Waals surface area contributed by atoms with Crippen molar-refractivity contribution in [1.82, 2.24) is 0 Å². The van der Waals surface area contributed by atoms with Crippen molar-refractivity contribution < 1.29 is 80.2 Å². The van der Waals surface area contributed by atoms with Crippen LogP contribution in [0.1, 0.15) is 409 Å². The molecule has 0 fully saturated rings. The molecule has 0 aliphatic carbocycles. The van der Waals surface area contributed by atoms with Gasteiger partial charge in [-0.3, -0.25) is 37.3 Å². The van der Waals surface area contributed by atoms with Crippen LogP contribution in [0.2, 0.25) is 0 Å². The van der Waals surface area contributed by atoms with Crippen LogP contribution >= 0.6 is 15.6 Å². The van der Waals surface area contributed by atoms with Crippen molar-refractivity contribution in [2.24, 2.45) is 23.7 Å². The van der Waals surface area contributed by atoms with Gasteiger partial charge in [0.15, 0.2) is 12.2 Å². The lowest BCUT2D eigenvalue weighted by Gasteiger charge is -2.21. The molecule has 17 nitrogen and oxygen atoms in total. The summed E-state index contributed by atoms with van der Waals surface area (Å²) >= 11 is 0. The normalized spacial score (nSPS) is 14.3. The molecule has 0 spiro atoms. The largest absolute Gasteiger partial charge is 0.472 e. The van der Waals surface area contributed by atoms with E-state index in [1.807, 2.05) is 0 Å². The average molecular weight is 1450 g/mol. The highest BCUT2D eigenvalue weighted by atomic mass is 31.2. The highest BCUT2D eigenvalue weighted by Gasteiger charge is 2.30. The summed E-state index contributed by atoms with van der Waals surface area (Å²) in [6.45, 7) is 14.2. The average Bonchev–Trinajstić information content (AvgIpc) is 1.03. The van der Waals surface area contributed by atoms with E-state index in [0.29, 0.717) is 31.6 Å². The fraction of sp³-hybridized carbons (Fsp3) is 0.950. The van der Waals surface area contributed by atoms with E-state index in [0.717, 1.165) is 114 Å². The maximum atomic E-state index is 13.1. The van der Waals surface area contributed by atoms with E-state index in [9.17, 15) is 43.2 Å². The number of hydrogen-bond acceptors (Lipinski definition) is 15. The molecule has 3 unspecified atom stereocenters. The molecular formula is C80H156O17P2. The van der Waals surface area contributed by atoms with Crippen molar-refractivity contribution in [3.8, 4) is 0 Å². The van der Waals surface area contributed by atoms with Gasteiger partial charge in [-0.05, 0) is 49.4 Å². The number of aliphatic hydroxyl groups excluding tert-OH is 1. The van der Waals surface area contributed by atoms with Crippen LogP contribution in [0.3, 0.4) is 0 Å². The smallest absolute Gasteiger partial charge is 0.462 e. The fourth-order valence-corrected chi connectivity index (χ4v) is 13.8. The van der Waals surface area contributed by atoms with E-state index in [1.165, 1.54) is 205 Å². The first-order valence-corrected chi connectivity index (χ1v) is 44.2. The first-order valence-electron chi connectivity index (χ1n) is 41.2. The summed E-state index contributed by atoms with van der Waals surface area (Å²) in [7, 11) is -9.92. The first kappa shape index (κ1) is 97.1. The first-order chi connectivity index (χ1) is 47.6. The van der Waals surface area contributed by atoms with Gasteiger partial charge in [0.1, 0.15) is 19.3 Å². The number of hydrogen-bond donors (Lipinski definition) is 3. The van der Waals surface area contributed by atoms with E-state index in [1.54, 1.807) is 0 Å². The highest BCUT2D eigenvalue weighted by molar-refractivity contribution is 7.47. The van der Waals surface area contributed by atoms with Crippen molar-refractivity contribution >= 4 is 39.5 Å². The third kappa shape index (κ3) is 72.8. The summed E-state index contributed by atoms with van der Waals surface area (Å²) in [5.74, 6) is 0.984. The molecule has 6 atom stereocenters. The van der Waals surface area contributed by atoms with Gasteiger partial charge in [0.25, 0.3) is 0 Å². The number of esters is 4. The van der Waals surface area contributed by atoms with Gasteiger partial charge in [-0.1, -0.05) is 357 Å². The second kappa shape index (κ2) is 69.1. The zero-order valence-electron chi connectivity index (χ0n) is 65.1. The molecule has 99 heavy (non-hydrogen) atoms. The van der Waals surface area contributed by atoms with Crippen LogP contribution in [-0.4, -0.2) is 96.7 Å². The third-order valence-electron chi connectivity index (χ3n) is 18.9. The lowest BCUT2D eigenvalue weighted by atomic mass is 9.99. The number of phosphoric ester groups is 2. The molecule has 19 heteroatoms. The molecule has 3 N–H and O–H groups in total. The monoisotopic (exact) mass is 1450 g/mol. The molecule has 588 valence electrons. The summed E-state index contributed by atoms with van der Waals surface area (Å²) in [5.41, 5.74) is 0. The molecule has 0 aromatic rings. The van der Waals surface area contributed by atoms with E-state index < -0.39 is 97.5 Å². The number of aliphatic hydroxyl groups is 1. The second-order valence-electron chi connectivity index (χ2n) is 30.5. The lowest BCUT2D eigenvalue weighted by Crippen LogP contribution is -2.30. The van der Waals surface area contributed by atoms with Crippen LogP contribution in [0, 0.1) is 23.7 Å². The van der Waals surface area contributed by atoms with Crippen LogP contribution in [0.5, 0.6) is 0 Å². The predicted octanol–water partition coefficient (Wildman–Crippen LogP) is 23.6. The van der Waals surface area contributed by atoms with Gasteiger partial charge < -0.3 is 33.8 Å². The Balaban J connectivity index is 5.22. The quantitative estimate of drug-likeness (QED) is 0.0222. The van der Waals surface area contributed by atoms with Gasteiger partial charge in [0.2, 0.25) is 0 Å². The molecule has 0 saturated heterocycles. The zero-order valence-corrected chi connectivity index (χ0v) is 66.9. The van der Waals surface area contributed by atoms with Crippen LogP contribution in [0.25, 0.3) is 0 Å². The number of rotatable bonds is 77. The number of unbranched alkanes of at least 4 members (excludes halogenated alkanes) is 42. The lowest BCUT2D eigenvalue weighted by molar-refractivity contribution is -0.161.